The van der Waals surface area contributed by atoms with Crippen LogP contribution in [0.3, 0.4) is 0 Å². The Labute approximate surface area is 127 Å². The number of likely N-dealkylation sites (N-methyl/N-ethyl adjacent to an activating group) is 1. The lowest BCUT2D eigenvalue weighted by molar-refractivity contribution is -0.121. The van der Waals surface area contributed by atoms with Crippen molar-refractivity contribution in [3.8, 4) is 5.75 Å². The average molecular weight is 303 g/mol. The van der Waals surface area contributed by atoms with Gasteiger partial charge in [0.05, 0.1) is 4.91 Å². The molecule has 3 rings (SSSR count). The van der Waals surface area contributed by atoms with Crippen LogP contribution in [0, 0.1) is 0 Å². The number of carbonyl (C=O) groups excluding carboxylic acids is 1. The van der Waals surface area contributed by atoms with Gasteiger partial charge in [0.25, 0.3) is 5.91 Å². The van der Waals surface area contributed by atoms with E-state index >= 15 is 0 Å². The number of amides is 1. The fourth-order valence-electron chi connectivity index (χ4n) is 2.12. The van der Waals surface area contributed by atoms with Gasteiger partial charge in [-0.1, -0.05) is 42.2 Å². The third-order valence-corrected chi connectivity index (χ3v) is 4.78. The summed E-state index contributed by atoms with van der Waals surface area (Å²) in [6, 6.07) is 7.87. The fraction of sp³-hybridized carbons (Fsp3) is 0.200. The Kier molecular flexibility index (Phi) is 3.40. The molecule has 0 aromatic heterocycles. The molecule has 1 amide bonds. The zero-order valence-electron chi connectivity index (χ0n) is 11.1. The molecular weight excluding hydrogens is 290 g/mol. The molecule has 1 saturated heterocycles. The maximum absolute atomic E-state index is 12.0. The largest absolute Gasteiger partial charge is 0.485 e. The zero-order chi connectivity index (χ0) is 14.3. The van der Waals surface area contributed by atoms with Crippen LogP contribution in [0.4, 0.5) is 0 Å². The molecule has 2 aliphatic heterocycles. The summed E-state index contributed by atoms with van der Waals surface area (Å²) in [6.45, 7) is 1.98. The lowest BCUT2D eigenvalue weighted by Crippen LogP contribution is -2.23. The molecule has 0 unspecified atom stereocenters. The molecule has 102 valence electrons. The summed E-state index contributed by atoms with van der Waals surface area (Å²) in [6.07, 6.45) is 3.86. The minimum atomic E-state index is -0.0784. The molecule has 0 aliphatic carbocycles. The Hall–Kier alpha value is -1.59. The predicted molar refractivity (Wildman–Crippen MR) is 85.6 cm³/mol. The monoisotopic (exact) mass is 303 g/mol. The van der Waals surface area contributed by atoms with Gasteiger partial charge in [-0.3, -0.25) is 9.69 Å². The van der Waals surface area contributed by atoms with E-state index in [0.29, 0.717) is 9.23 Å². The molecule has 2 aliphatic rings. The molecule has 3 nitrogen and oxygen atoms in total. The summed E-state index contributed by atoms with van der Waals surface area (Å²) >= 11 is 6.46. The smallest absolute Gasteiger partial charge is 0.265 e. The van der Waals surface area contributed by atoms with E-state index in [1.54, 1.807) is 7.05 Å². The van der Waals surface area contributed by atoms with Gasteiger partial charge in [-0.2, -0.15) is 0 Å². The van der Waals surface area contributed by atoms with Crippen LogP contribution < -0.4 is 4.74 Å². The fourth-order valence-corrected chi connectivity index (χ4v) is 3.30. The second-order valence-electron chi connectivity index (χ2n) is 4.68. The van der Waals surface area contributed by atoms with Gasteiger partial charge in [0.15, 0.2) is 0 Å². The topological polar surface area (TPSA) is 29.5 Å². The number of thiocarbonyl (C=S) groups is 1. The lowest BCUT2D eigenvalue weighted by Gasteiger charge is -2.22. The standard InChI is InChI=1S/C15H13NO2S2/c1-9-11(7-10-5-3-4-6-12(10)18-9)8-13-14(17)16(2)15(19)20-13/h3-9H,1-2H3/b13-8-/t9-/m0/s1. The van der Waals surface area contributed by atoms with Gasteiger partial charge in [-0.05, 0) is 30.7 Å². The van der Waals surface area contributed by atoms with E-state index in [1.165, 1.54) is 16.7 Å². The Morgan fingerprint density at radius 1 is 1.40 bits per heavy atom. The highest BCUT2D eigenvalue weighted by Crippen LogP contribution is 2.34. The molecule has 5 heteroatoms. The highest BCUT2D eigenvalue weighted by atomic mass is 32.2. The minimum absolute atomic E-state index is 0.0491. The van der Waals surface area contributed by atoms with Crippen molar-refractivity contribution in [3.63, 3.8) is 0 Å². The van der Waals surface area contributed by atoms with E-state index in [9.17, 15) is 4.79 Å². The van der Waals surface area contributed by atoms with Crippen molar-refractivity contribution >= 4 is 40.3 Å². The molecule has 2 heterocycles. The quantitative estimate of drug-likeness (QED) is 0.588. The van der Waals surface area contributed by atoms with E-state index in [4.69, 9.17) is 17.0 Å². The van der Waals surface area contributed by atoms with Crippen molar-refractivity contribution < 1.29 is 9.53 Å². The first-order chi connectivity index (χ1) is 9.56. The van der Waals surface area contributed by atoms with Gasteiger partial charge in [-0.15, -0.1) is 0 Å². The van der Waals surface area contributed by atoms with E-state index in [-0.39, 0.29) is 12.0 Å². The normalized spacial score (nSPS) is 23.7. The number of benzene rings is 1. The number of rotatable bonds is 1. The first-order valence-corrected chi connectivity index (χ1v) is 7.47. The number of para-hydroxylation sites is 1. The van der Waals surface area contributed by atoms with Crippen LogP contribution in [0.1, 0.15) is 12.5 Å². The third-order valence-electron chi connectivity index (χ3n) is 3.30. The molecule has 1 aromatic rings. The number of fused-ring (bicyclic) bond motifs is 1. The Morgan fingerprint density at radius 3 is 2.85 bits per heavy atom. The van der Waals surface area contributed by atoms with Gasteiger partial charge < -0.3 is 4.74 Å². The molecule has 20 heavy (non-hydrogen) atoms. The van der Waals surface area contributed by atoms with Crippen LogP contribution in [0.5, 0.6) is 5.75 Å². The number of ether oxygens (including phenoxy) is 1. The summed E-state index contributed by atoms with van der Waals surface area (Å²) in [5.74, 6) is 0.826. The summed E-state index contributed by atoms with van der Waals surface area (Å²) in [4.78, 5) is 14.2. The van der Waals surface area contributed by atoms with Gasteiger partial charge >= 0.3 is 0 Å². The Balaban J connectivity index is 1.97. The van der Waals surface area contributed by atoms with Gasteiger partial charge in [0.1, 0.15) is 16.2 Å². The SMILES string of the molecule is C[C@@H]1Oc2ccccc2C=C1/C=C1\SC(=S)N(C)C1=O. The van der Waals surface area contributed by atoms with Gasteiger partial charge in [0, 0.05) is 12.6 Å². The molecule has 0 spiro atoms. The highest BCUT2D eigenvalue weighted by molar-refractivity contribution is 8.26. The average Bonchev–Trinajstić information content (AvgIpc) is 2.67. The maximum atomic E-state index is 12.0. The van der Waals surface area contributed by atoms with Gasteiger partial charge in [0.2, 0.25) is 0 Å². The maximum Gasteiger partial charge on any atom is 0.265 e. The van der Waals surface area contributed by atoms with Crippen molar-refractivity contribution in [1.29, 1.82) is 0 Å². The summed E-state index contributed by atoms with van der Waals surface area (Å²) < 4.78 is 6.45. The first-order valence-electron chi connectivity index (χ1n) is 6.25. The van der Waals surface area contributed by atoms with Crippen LogP contribution in [-0.4, -0.2) is 28.3 Å². The summed E-state index contributed by atoms with van der Waals surface area (Å²) in [7, 11) is 1.70. The second-order valence-corrected chi connectivity index (χ2v) is 6.36. The van der Waals surface area contributed by atoms with Crippen LogP contribution in [0.15, 0.2) is 40.8 Å². The number of hydrogen-bond acceptors (Lipinski definition) is 4. The molecule has 1 atom stereocenters. The van der Waals surface area contributed by atoms with E-state index < -0.39 is 0 Å². The van der Waals surface area contributed by atoms with Crippen molar-refractivity contribution in [3.05, 3.63) is 46.4 Å². The van der Waals surface area contributed by atoms with Crippen LogP contribution in [0.2, 0.25) is 0 Å². The summed E-state index contributed by atoms with van der Waals surface area (Å²) in [5, 5.41) is 0. The zero-order valence-corrected chi connectivity index (χ0v) is 12.8. The second kappa shape index (κ2) is 5.07. The molecule has 0 radical (unpaired) electrons. The molecule has 1 aromatic carbocycles. The van der Waals surface area contributed by atoms with Crippen LogP contribution in [-0.2, 0) is 4.79 Å². The predicted octanol–water partition coefficient (Wildman–Crippen LogP) is 3.22. The lowest BCUT2D eigenvalue weighted by atomic mass is 10.0. The van der Waals surface area contributed by atoms with Crippen molar-refractivity contribution in [1.82, 2.24) is 4.90 Å². The minimum Gasteiger partial charge on any atom is -0.485 e. The van der Waals surface area contributed by atoms with E-state index in [2.05, 4.69) is 6.08 Å². The Morgan fingerprint density at radius 2 is 2.15 bits per heavy atom. The van der Waals surface area contributed by atoms with Crippen molar-refractivity contribution in [2.75, 3.05) is 7.05 Å². The van der Waals surface area contributed by atoms with E-state index in [1.807, 2.05) is 37.3 Å². The Bertz CT molecular complexity index is 664. The van der Waals surface area contributed by atoms with Crippen LogP contribution >= 0.6 is 24.0 Å². The molecule has 0 bridgehead atoms. The molecular formula is C15H13NO2S2. The van der Waals surface area contributed by atoms with Crippen molar-refractivity contribution in [2.45, 2.75) is 13.0 Å². The summed E-state index contributed by atoms with van der Waals surface area (Å²) in [5.41, 5.74) is 2.02. The third kappa shape index (κ3) is 2.27. The van der Waals surface area contributed by atoms with E-state index in [0.717, 1.165) is 16.9 Å². The number of hydrogen-bond donors (Lipinski definition) is 0. The number of nitrogens with zero attached hydrogens (tertiary/aromatic N) is 1. The first kappa shape index (κ1) is 13.4. The molecule has 0 N–H and O–H groups in total. The van der Waals surface area contributed by atoms with Crippen molar-refractivity contribution in [2.24, 2.45) is 0 Å². The highest BCUT2D eigenvalue weighted by Gasteiger charge is 2.30. The molecule has 1 fully saturated rings. The molecule has 0 saturated carbocycles. The number of carbonyl (C=O) groups is 1. The van der Waals surface area contributed by atoms with Crippen LogP contribution in [0.25, 0.3) is 6.08 Å². The van der Waals surface area contributed by atoms with Gasteiger partial charge in [-0.25, -0.2) is 0 Å². The number of thioether (sulfide) groups is 1.